The summed E-state index contributed by atoms with van der Waals surface area (Å²) in [4.78, 5) is 11.7. The molecule has 0 bridgehead atoms. The summed E-state index contributed by atoms with van der Waals surface area (Å²) in [6.45, 7) is 2.34. The van der Waals surface area contributed by atoms with Crippen LogP contribution in [0.25, 0.3) is 0 Å². The van der Waals surface area contributed by atoms with E-state index in [1.165, 1.54) is 6.07 Å². The van der Waals surface area contributed by atoms with Crippen LogP contribution in [0.2, 0.25) is 0 Å². The highest BCUT2D eigenvalue weighted by molar-refractivity contribution is 7.89. The molecule has 6 heteroatoms. The monoisotopic (exact) mass is 282 g/mol. The molecule has 1 amide bonds. The van der Waals surface area contributed by atoms with Crippen molar-refractivity contribution in [3.8, 4) is 0 Å². The molecule has 5 nitrogen and oxygen atoms in total. The summed E-state index contributed by atoms with van der Waals surface area (Å²) >= 11 is 0. The van der Waals surface area contributed by atoms with Crippen LogP contribution in [0.5, 0.6) is 0 Å². The van der Waals surface area contributed by atoms with E-state index in [0.29, 0.717) is 19.4 Å². The van der Waals surface area contributed by atoms with Crippen molar-refractivity contribution >= 4 is 21.6 Å². The minimum Gasteiger partial charge on any atom is -0.326 e. The number of carbonyl (C=O) groups is 1. The fourth-order valence-corrected chi connectivity index (χ4v) is 3.22. The van der Waals surface area contributed by atoms with E-state index in [0.717, 1.165) is 24.1 Å². The molecule has 104 valence electrons. The van der Waals surface area contributed by atoms with Crippen LogP contribution in [0.1, 0.15) is 31.7 Å². The standard InChI is InChI=1S/C13H18N2O3S/c1-2-8-14-19(17,18)11-6-7-12-10(9-11)4-3-5-13(16)15-12/h6-7,9,14H,2-5,8H2,1H3,(H,15,16). The van der Waals surface area contributed by atoms with Crippen molar-refractivity contribution < 1.29 is 13.2 Å². The maximum absolute atomic E-state index is 12.0. The van der Waals surface area contributed by atoms with Crippen LogP contribution >= 0.6 is 0 Å². The summed E-state index contributed by atoms with van der Waals surface area (Å²) in [6, 6.07) is 4.85. The molecule has 0 spiro atoms. The molecule has 0 atom stereocenters. The molecule has 2 rings (SSSR count). The Hall–Kier alpha value is -1.40. The van der Waals surface area contributed by atoms with Crippen molar-refractivity contribution in [1.29, 1.82) is 0 Å². The lowest BCUT2D eigenvalue weighted by molar-refractivity contribution is -0.116. The first-order valence-electron chi connectivity index (χ1n) is 6.45. The van der Waals surface area contributed by atoms with Crippen LogP contribution in [0, 0.1) is 0 Å². The summed E-state index contributed by atoms with van der Waals surface area (Å²) in [5, 5.41) is 2.79. The molecule has 0 radical (unpaired) electrons. The van der Waals surface area contributed by atoms with Gasteiger partial charge in [-0.05, 0) is 43.0 Å². The molecular weight excluding hydrogens is 264 g/mol. The lowest BCUT2D eigenvalue weighted by Crippen LogP contribution is -2.24. The number of hydrogen-bond donors (Lipinski definition) is 2. The molecule has 2 N–H and O–H groups in total. The first-order chi connectivity index (χ1) is 9.03. The van der Waals surface area contributed by atoms with Crippen LogP contribution in [-0.4, -0.2) is 20.9 Å². The molecule has 1 aromatic carbocycles. The normalized spacial score (nSPS) is 15.5. The Morgan fingerprint density at radius 3 is 2.84 bits per heavy atom. The smallest absolute Gasteiger partial charge is 0.240 e. The highest BCUT2D eigenvalue weighted by atomic mass is 32.2. The topological polar surface area (TPSA) is 75.3 Å². The van der Waals surface area contributed by atoms with Crippen molar-refractivity contribution in [2.75, 3.05) is 11.9 Å². The average Bonchev–Trinajstić information content (AvgIpc) is 2.56. The van der Waals surface area contributed by atoms with Crippen molar-refractivity contribution in [3.63, 3.8) is 0 Å². The van der Waals surface area contributed by atoms with Gasteiger partial charge in [-0.1, -0.05) is 6.92 Å². The molecule has 19 heavy (non-hydrogen) atoms. The summed E-state index contributed by atoms with van der Waals surface area (Å²) in [6.07, 6.45) is 2.68. The zero-order valence-electron chi connectivity index (χ0n) is 10.9. The Bertz CT molecular complexity index is 582. The minimum atomic E-state index is -3.44. The van der Waals surface area contributed by atoms with Crippen molar-refractivity contribution in [1.82, 2.24) is 4.72 Å². The van der Waals surface area contributed by atoms with E-state index in [9.17, 15) is 13.2 Å². The molecule has 0 saturated heterocycles. The van der Waals surface area contributed by atoms with Gasteiger partial charge in [0.1, 0.15) is 0 Å². The second-order valence-corrected chi connectivity index (χ2v) is 6.39. The van der Waals surface area contributed by atoms with Gasteiger partial charge in [-0.2, -0.15) is 0 Å². The molecule has 0 fully saturated rings. The van der Waals surface area contributed by atoms with Gasteiger partial charge < -0.3 is 5.32 Å². The Morgan fingerprint density at radius 2 is 2.11 bits per heavy atom. The summed E-state index contributed by atoms with van der Waals surface area (Å²) in [7, 11) is -3.44. The second kappa shape index (κ2) is 5.71. The number of benzene rings is 1. The first-order valence-corrected chi connectivity index (χ1v) is 7.93. The van der Waals surface area contributed by atoms with Crippen LogP contribution in [0.15, 0.2) is 23.1 Å². The highest BCUT2D eigenvalue weighted by Crippen LogP contribution is 2.25. The lowest BCUT2D eigenvalue weighted by Gasteiger charge is -2.10. The van der Waals surface area contributed by atoms with Gasteiger partial charge in [0.15, 0.2) is 0 Å². The molecule has 1 aliphatic rings. The third-order valence-corrected chi connectivity index (χ3v) is 4.51. The maximum atomic E-state index is 12.0. The van der Waals surface area contributed by atoms with E-state index < -0.39 is 10.0 Å². The van der Waals surface area contributed by atoms with Crippen LogP contribution in [0.3, 0.4) is 0 Å². The van der Waals surface area contributed by atoms with E-state index in [-0.39, 0.29) is 10.8 Å². The number of aryl methyl sites for hydroxylation is 1. The molecular formula is C13H18N2O3S. The van der Waals surface area contributed by atoms with Gasteiger partial charge in [0.05, 0.1) is 4.90 Å². The van der Waals surface area contributed by atoms with Crippen LogP contribution in [0.4, 0.5) is 5.69 Å². The molecule has 0 aromatic heterocycles. The quantitative estimate of drug-likeness (QED) is 0.881. The van der Waals surface area contributed by atoms with Crippen LogP contribution in [-0.2, 0) is 21.2 Å². The van der Waals surface area contributed by atoms with Gasteiger partial charge in [-0.3, -0.25) is 4.79 Å². The molecule has 1 heterocycles. The highest BCUT2D eigenvalue weighted by Gasteiger charge is 2.18. The minimum absolute atomic E-state index is 0.0153. The largest absolute Gasteiger partial charge is 0.326 e. The summed E-state index contributed by atoms with van der Waals surface area (Å²) in [5.74, 6) is -0.0153. The van der Waals surface area contributed by atoms with Gasteiger partial charge in [0, 0.05) is 18.7 Å². The maximum Gasteiger partial charge on any atom is 0.240 e. The predicted octanol–water partition coefficient (Wildman–Crippen LogP) is 1.65. The molecule has 0 unspecified atom stereocenters. The number of nitrogens with one attached hydrogen (secondary N) is 2. The molecule has 0 aliphatic carbocycles. The summed E-state index contributed by atoms with van der Waals surface area (Å²) in [5.41, 5.74) is 1.60. The lowest BCUT2D eigenvalue weighted by atomic mass is 10.1. The Balaban J connectivity index is 2.30. The van der Waals surface area contributed by atoms with Crippen LogP contribution < -0.4 is 10.0 Å². The second-order valence-electron chi connectivity index (χ2n) is 4.62. The van der Waals surface area contributed by atoms with Gasteiger partial charge in [0.2, 0.25) is 15.9 Å². The number of anilines is 1. The third kappa shape index (κ3) is 3.33. The number of carbonyl (C=O) groups excluding carboxylic acids is 1. The number of hydrogen-bond acceptors (Lipinski definition) is 3. The van der Waals surface area contributed by atoms with Gasteiger partial charge in [-0.15, -0.1) is 0 Å². The fourth-order valence-electron chi connectivity index (χ4n) is 2.04. The first kappa shape index (κ1) is 14.0. The third-order valence-electron chi connectivity index (χ3n) is 3.05. The summed E-state index contributed by atoms with van der Waals surface area (Å²) < 4.78 is 26.6. The number of amides is 1. The number of sulfonamides is 1. The van der Waals surface area contributed by atoms with Crippen molar-refractivity contribution in [2.24, 2.45) is 0 Å². The van der Waals surface area contributed by atoms with Gasteiger partial charge in [-0.25, -0.2) is 13.1 Å². The molecule has 0 saturated carbocycles. The number of rotatable bonds is 4. The Labute approximate surface area is 113 Å². The average molecular weight is 282 g/mol. The van der Waals surface area contributed by atoms with E-state index >= 15 is 0 Å². The zero-order chi connectivity index (χ0) is 13.9. The zero-order valence-corrected chi connectivity index (χ0v) is 11.7. The van der Waals surface area contributed by atoms with E-state index in [2.05, 4.69) is 10.0 Å². The molecule has 1 aliphatic heterocycles. The van der Waals surface area contributed by atoms with Gasteiger partial charge >= 0.3 is 0 Å². The fraction of sp³-hybridized carbons (Fsp3) is 0.462. The van der Waals surface area contributed by atoms with Gasteiger partial charge in [0.25, 0.3) is 0 Å². The Morgan fingerprint density at radius 1 is 1.32 bits per heavy atom. The number of fused-ring (bicyclic) bond motifs is 1. The predicted molar refractivity (Wildman–Crippen MR) is 73.5 cm³/mol. The van der Waals surface area contributed by atoms with Crippen molar-refractivity contribution in [2.45, 2.75) is 37.5 Å². The van der Waals surface area contributed by atoms with E-state index in [1.807, 2.05) is 6.92 Å². The van der Waals surface area contributed by atoms with Crippen molar-refractivity contribution in [3.05, 3.63) is 23.8 Å². The van der Waals surface area contributed by atoms with E-state index in [1.54, 1.807) is 12.1 Å². The van der Waals surface area contributed by atoms with E-state index in [4.69, 9.17) is 0 Å². The molecule has 1 aromatic rings. The SMILES string of the molecule is CCCNS(=O)(=O)c1ccc2c(c1)CCCC(=O)N2. The Kier molecular flexibility index (Phi) is 4.21.